The number of halogens is 1. The summed E-state index contributed by atoms with van der Waals surface area (Å²) in [6.07, 6.45) is 1.11. The van der Waals surface area contributed by atoms with E-state index in [2.05, 4.69) is 5.32 Å². The molecule has 6 nitrogen and oxygen atoms in total. The van der Waals surface area contributed by atoms with Crippen LogP contribution in [0.4, 0.5) is 4.79 Å². The molecule has 1 N–H and O–H groups in total. The quantitative estimate of drug-likeness (QED) is 0.882. The zero-order valence-corrected chi connectivity index (χ0v) is 15.9. The molecule has 25 heavy (non-hydrogen) atoms. The van der Waals surface area contributed by atoms with E-state index in [1.54, 1.807) is 44.9 Å². The van der Waals surface area contributed by atoms with Crippen LogP contribution in [-0.2, 0) is 9.53 Å². The molecule has 1 aliphatic rings. The Bertz CT molecular complexity index is 642. The van der Waals surface area contributed by atoms with Gasteiger partial charge in [-0.15, -0.1) is 0 Å². The van der Waals surface area contributed by atoms with Gasteiger partial charge in [0.25, 0.3) is 0 Å². The molecule has 0 aromatic heterocycles. The Labute approximate surface area is 153 Å². The third-order valence-corrected chi connectivity index (χ3v) is 4.26. The Balaban J connectivity index is 2.03. The van der Waals surface area contributed by atoms with Crippen molar-refractivity contribution in [2.24, 2.45) is 0 Å². The lowest BCUT2D eigenvalue weighted by Gasteiger charge is -2.26. The SMILES string of the molecule is COc1ccc(Cl)c([C@H]2CCCN2C(=O)CNC(=O)OC(C)(C)C)c1. The van der Waals surface area contributed by atoms with Crippen molar-refractivity contribution in [1.29, 1.82) is 0 Å². The lowest BCUT2D eigenvalue weighted by molar-refractivity contribution is -0.131. The lowest BCUT2D eigenvalue weighted by Crippen LogP contribution is -2.41. The molecule has 1 fully saturated rings. The van der Waals surface area contributed by atoms with Crippen molar-refractivity contribution in [3.05, 3.63) is 28.8 Å². The number of likely N-dealkylation sites (tertiary alicyclic amines) is 1. The summed E-state index contributed by atoms with van der Waals surface area (Å²) in [6.45, 7) is 5.85. The van der Waals surface area contributed by atoms with Crippen LogP contribution in [0.15, 0.2) is 18.2 Å². The van der Waals surface area contributed by atoms with Crippen LogP contribution >= 0.6 is 11.6 Å². The molecule has 0 unspecified atom stereocenters. The number of rotatable bonds is 4. The molecule has 0 radical (unpaired) electrons. The average molecular weight is 369 g/mol. The number of alkyl carbamates (subject to hydrolysis) is 1. The molecule has 2 rings (SSSR count). The fourth-order valence-electron chi connectivity index (χ4n) is 2.86. The van der Waals surface area contributed by atoms with Crippen molar-refractivity contribution in [1.82, 2.24) is 10.2 Å². The fraction of sp³-hybridized carbons (Fsp3) is 0.556. The van der Waals surface area contributed by atoms with E-state index in [1.807, 2.05) is 6.07 Å². The van der Waals surface area contributed by atoms with Gasteiger partial charge in [-0.25, -0.2) is 4.79 Å². The third kappa shape index (κ3) is 5.26. The molecule has 0 spiro atoms. The molecular formula is C18H25ClN2O4. The van der Waals surface area contributed by atoms with Crippen LogP contribution in [0.2, 0.25) is 5.02 Å². The Hall–Kier alpha value is -1.95. The van der Waals surface area contributed by atoms with Gasteiger partial charge in [0, 0.05) is 11.6 Å². The molecular weight excluding hydrogens is 344 g/mol. The molecule has 1 aromatic rings. The predicted octanol–water partition coefficient (Wildman–Crippen LogP) is 3.54. The molecule has 1 aliphatic heterocycles. The highest BCUT2D eigenvalue weighted by atomic mass is 35.5. The smallest absolute Gasteiger partial charge is 0.408 e. The first-order chi connectivity index (χ1) is 11.7. The van der Waals surface area contributed by atoms with Crippen LogP contribution in [0.25, 0.3) is 0 Å². The lowest BCUT2D eigenvalue weighted by atomic mass is 10.0. The first-order valence-corrected chi connectivity index (χ1v) is 8.69. The first-order valence-electron chi connectivity index (χ1n) is 8.31. The number of ether oxygens (including phenoxy) is 2. The van der Waals surface area contributed by atoms with Gasteiger partial charge in [0.05, 0.1) is 13.2 Å². The summed E-state index contributed by atoms with van der Waals surface area (Å²) in [5.41, 5.74) is 0.265. The predicted molar refractivity (Wildman–Crippen MR) is 95.9 cm³/mol. The molecule has 1 aromatic carbocycles. The van der Waals surface area contributed by atoms with Crippen LogP contribution in [0.3, 0.4) is 0 Å². The Morgan fingerprint density at radius 2 is 2.08 bits per heavy atom. The number of methoxy groups -OCH3 is 1. The van der Waals surface area contributed by atoms with Gasteiger partial charge < -0.3 is 19.7 Å². The Morgan fingerprint density at radius 1 is 1.36 bits per heavy atom. The van der Waals surface area contributed by atoms with Crippen molar-refractivity contribution in [3.63, 3.8) is 0 Å². The molecule has 1 saturated heterocycles. The van der Waals surface area contributed by atoms with Gasteiger partial charge in [-0.3, -0.25) is 4.79 Å². The number of carbonyl (C=O) groups excluding carboxylic acids is 2. The Morgan fingerprint density at radius 3 is 2.72 bits per heavy atom. The number of hydrogen-bond acceptors (Lipinski definition) is 4. The van der Waals surface area contributed by atoms with E-state index in [9.17, 15) is 9.59 Å². The average Bonchev–Trinajstić information content (AvgIpc) is 3.01. The maximum Gasteiger partial charge on any atom is 0.408 e. The van der Waals surface area contributed by atoms with E-state index in [-0.39, 0.29) is 18.5 Å². The van der Waals surface area contributed by atoms with Crippen molar-refractivity contribution >= 4 is 23.6 Å². The second-order valence-electron chi connectivity index (χ2n) is 6.99. The molecule has 1 atom stereocenters. The number of amides is 2. The highest BCUT2D eigenvalue weighted by Gasteiger charge is 2.31. The molecule has 2 amide bonds. The second kappa shape index (κ2) is 7.95. The van der Waals surface area contributed by atoms with Crippen LogP contribution in [0.5, 0.6) is 5.75 Å². The standard InChI is InChI=1S/C18H25ClN2O4/c1-18(2,3)25-17(23)20-11-16(22)21-9-5-6-15(21)13-10-12(24-4)7-8-14(13)19/h7-8,10,15H,5-6,9,11H2,1-4H3,(H,20,23)/t15-/m1/s1. The normalized spacial score (nSPS) is 17.3. The largest absolute Gasteiger partial charge is 0.497 e. The number of benzene rings is 1. The number of nitrogens with zero attached hydrogens (tertiary/aromatic N) is 1. The maximum atomic E-state index is 12.5. The zero-order valence-electron chi connectivity index (χ0n) is 15.1. The van der Waals surface area contributed by atoms with Crippen LogP contribution < -0.4 is 10.1 Å². The molecule has 0 saturated carbocycles. The van der Waals surface area contributed by atoms with Crippen LogP contribution in [0, 0.1) is 0 Å². The Kier molecular flexibility index (Phi) is 6.16. The topological polar surface area (TPSA) is 67.9 Å². The summed E-state index contributed by atoms with van der Waals surface area (Å²) in [4.78, 5) is 26.0. The van der Waals surface area contributed by atoms with Gasteiger partial charge in [-0.1, -0.05) is 11.6 Å². The van der Waals surface area contributed by atoms with E-state index >= 15 is 0 Å². The fourth-order valence-corrected chi connectivity index (χ4v) is 3.10. The van der Waals surface area contributed by atoms with E-state index in [0.29, 0.717) is 17.3 Å². The van der Waals surface area contributed by atoms with Crippen molar-refractivity contribution in [2.75, 3.05) is 20.2 Å². The van der Waals surface area contributed by atoms with E-state index in [4.69, 9.17) is 21.1 Å². The highest BCUT2D eigenvalue weighted by Crippen LogP contribution is 2.37. The van der Waals surface area contributed by atoms with Gasteiger partial charge >= 0.3 is 6.09 Å². The molecule has 0 aliphatic carbocycles. The number of carbonyl (C=O) groups is 2. The van der Waals surface area contributed by atoms with E-state index in [0.717, 1.165) is 18.4 Å². The highest BCUT2D eigenvalue weighted by molar-refractivity contribution is 6.31. The summed E-state index contributed by atoms with van der Waals surface area (Å²) in [5, 5.41) is 3.12. The minimum Gasteiger partial charge on any atom is -0.497 e. The molecule has 7 heteroatoms. The first kappa shape index (κ1) is 19.4. The van der Waals surface area contributed by atoms with E-state index < -0.39 is 11.7 Å². The van der Waals surface area contributed by atoms with Gasteiger partial charge in [0.1, 0.15) is 17.9 Å². The van der Waals surface area contributed by atoms with Gasteiger partial charge in [-0.2, -0.15) is 0 Å². The monoisotopic (exact) mass is 368 g/mol. The molecule has 138 valence electrons. The second-order valence-corrected chi connectivity index (χ2v) is 7.40. The van der Waals surface area contributed by atoms with Crippen molar-refractivity contribution in [3.8, 4) is 5.75 Å². The summed E-state index contributed by atoms with van der Waals surface area (Å²) in [7, 11) is 1.59. The number of hydrogen-bond donors (Lipinski definition) is 1. The van der Waals surface area contributed by atoms with Crippen LogP contribution in [-0.4, -0.2) is 42.7 Å². The van der Waals surface area contributed by atoms with Gasteiger partial charge in [0.2, 0.25) is 5.91 Å². The van der Waals surface area contributed by atoms with Crippen LogP contribution in [0.1, 0.15) is 45.2 Å². The summed E-state index contributed by atoms with van der Waals surface area (Å²) >= 11 is 6.32. The van der Waals surface area contributed by atoms with Gasteiger partial charge in [0.15, 0.2) is 0 Å². The van der Waals surface area contributed by atoms with Crippen molar-refractivity contribution < 1.29 is 19.1 Å². The van der Waals surface area contributed by atoms with E-state index in [1.165, 1.54) is 0 Å². The zero-order chi connectivity index (χ0) is 18.6. The number of nitrogens with one attached hydrogen (secondary N) is 1. The summed E-state index contributed by atoms with van der Waals surface area (Å²) in [5.74, 6) is 0.540. The summed E-state index contributed by atoms with van der Waals surface area (Å²) in [6, 6.07) is 5.31. The minimum absolute atomic E-state index is 0.104. The summed E-state index contributed by atoms with van der Waals surface area (Å²) < 4.78 is 10.4. The van der Waals surface area contributed by atoms with Gasteiger partial charge in [-0.05, 0) is 57.4 Å². The molecule has 1 heterocycles. The minimum atomic E-state index is -0.601. The maximum absolute atomic E-state index is 12.5. The van der Waals surface area contributed by atoms with Crippen molar-refractivity contribution in [2.45, 2.75) is 45.3 Å². The molecule has 0 bridgehead atoms. The third-order valence-electron chi connectivity index (χ3n) is 3.92.